The average molecular weight is 263 g/mol. The number of rotatable bonds is 4. The Labute approximate surface area is 104 Å². The van der Waals surface area contributed by atoms with E-state index in [1.54, 1.807) is 6.92 Å². The first-order valence-corrected chi connectivity index (χ1v) is 5.42. The van der Waals surface area contributed by atoms with Crippen molar-refractivity contribution in [2.75, 3.05) is 14.2 Å². The van der Waals surface area contributed by atoms with Crippen LogP contribution in [0.25, 0.3) is 0 Å². The minimum Gasteiger partial charge on any atom is -0.496 e. The molecule has 0 aromatic heterocycles. The first kappa shape index (κ1) is 13.1. The maximum absolute atomic E-state index is 11.8. The van der Waals surface area contributed by atoms with Crippen LogP contribution in [-0.2, 0) is 0 Å². The normalized spacial score (nSPS) is 12.1. The summed E-state index contributed by atoms with van der Waals surface area (Å²) >= 11 is 11.7. The molecule has 0 saturated carbocycles. The van der Waals surface area contributed by atoms with Gasteiger partial charge in [0.05, 0.1) is 30.2 Å². The lowest BCUT2D eigenvalue weighted by Gasteiger charge is -2.12. The Bertz CT molecular complexity index is 402. The van der Waals surface area contributed by atoms with E-state index in [0.717, 1.165) is 0 Å². The lowest BCUT2D eigenvalue weighted by Crippen LogP contribution is -2.12. The van der Waals surface area contributed by atoms with Gasteiger partial charge in [-0.05, 0) is 13.0 Å². The molecule has 0 spiro atoms. The van der Waals surface area contributed by atoms with Crippen molar-refractivity contribution in [3.8, 4) is 11.5 Å². The predicted octanol–water partition coefficient (Wildman–Crippen LogP) is 3.17. The van der Waals surface area contributed by atoms with E-state index in [9.17, 15) is 4.79 Å². The maximum Gasteiger partial charge on any atom is 0.184 e. The van der Waals surface area contributed by atoms with Gasteiger partial charge in [-0.1, -0.05) is 11.6 Å². The molecule has 1 unspecified atom stereocenters. The summed E-state index contributed by atoms with van der Waals surface area (Å²) < 4.78 is 10.1. The molecule has 0 N–H and O–H groups in total. The number of alkyl halides is 1. The molecule has 0 amide bonds. The summed E-state index contributed by atoms with van der Waals surface area (Å²) in [6, 6.07) is 3.06. The molecule has 0 bridgehead atoms. The molecule has 1 rings (SSSR count). The molecule has 88 valence electrons. The van der Waals surface area contributed by atoms with Gasteiger partial charge in [0.2, 0.25) is 0 Å². The minimum absolute atomic E-state index is 0.228. The zero-order chi connectivity index (χ0) is 12.3. The number of benzene rings is 1. The molecular weight excluding hydrogens is 251 g/mol. The zero-order valence-corrected chi connectivity index (χ0v) is 10.7. The van der Waals surface area contributed by atoms with Crippen molar-refractivity contribution in [2.45, 2.75) is 12.3 Å². The van der Waals surface area contributed by atoms with E-state index in [-0.39, 0.29) is 5.78 Å². The molecular formula is C11H12Cl2O3. The Morgan fingerprint density at radius 3 is 2.25 bits per heavy atom. The van der Waals surface area contributed by atoms with Crippen molar-refractivity contribution >= 4 is 29.0 Å². The second kappa shape index (κ2) is 5.41. The van der Waals surface area contributed by atoms with Crippen LogP contribution >= 0.6 is 23.2 Å². The highest BCUT2D eigenvalue weighted by atomic mass is 35.5. The van der Waals surface area contributed by atoms with Crippen molar-refractivity contribution in [3.05, 3.63) is 22.7 Å². The molecule has 0 aliphatic carbocycles. The fourth-order valence-corrected chi connectivity index (χ4v) is 1.62. The van der Waals surface area contributed by atoms with Gasteiger partial charge in [-0.2, -0.15) is 0 Å². The number of halogens is 2. The minimum atomic E-state index is -0.625. The molecule has 0 heterocycles. The Hall–Kier alpha value is -0.930. The number of ether oxygens (including phenoxy) is 2. The van der Waals surface area contributed by atoms with Crippen LogP contribution in [0.1, 0.15) is 17.3 Å². The van der Waals surface area contributed by atoms with Gasteiger partial charge in [0, 0.05) is 6.07 Å². The van der Waals surface area contributed by atoms with Crippen LogP contribution < -0.4 is 9.47 Å². The molecule has 1 aromatic carbocycles. The van der Waals surface area contributed by atoms with Gasteiger partial charge >= 0.3 is 0 Å². The van der Waals surface area contributed by atoms with E-state index in [4.69, 9.17) is 32.7 Å². The number of hydrogen-bond acceptors (Lipinski definition) is 3. The summed E-state index contributed by atoms with van der Waals surface area (Å²) in [7, 11) is 2.94. The van der Waals surface area contributed by atoms with Crippen LogP contribution in [0, 0.1) is 0 Å². The monoisotopic (exact) mass is 262 g/mol. The van der Waals surface area contributed by atoms with E-state index in [2.05, 4.69) is 0 Å². The van der Waals surface area contributed by atoms with E-state index < -0.39 is 5.38 Å². The van der Waals surface area contributed by atoms with Gasteiger partial charge in [0.25, 0.3) is 0 Å². The third-order valence-electron chi connectivity index (χ3n) is 2.10. The van der Waals surface area contributed by atoms with Crippen molar-refractivity contribution in [3.63, 3.8) is 0 Å². The number of hydrogen-bond donors (Lipinski definition) is 0. The van der Waals surface area contributed by atoms with Gasteiger partial charge in [0.1, 0.15) is 11.5 Å². The quantitative estimate of drug-likeness (QED) is 0.618. The van der Waals surface area contributed by atoms with Crippen molar-refractivity contribution < 1.29 is 14.3 Å². The summed E-state index contributed by atoms with van der Waals surface area (Å²) in [5, 5.41) is -0.238. The zero-order valence-electron chi connectivity index (χ0n) is 9.21. The Morgan fingerprint density at radius 1 is 1.25 bits per heavy atom. The molecule has 0 saturated heterocycles. The number of carbonyl (C=O) groups excluding carboxylic acids is 1. The summed E-state index contributed by atoms with van der Waals surface area (Å²) in [5.74, 6) is 0.583. The highest BCUT2D eigenvalue weighted by molar-refractivity contribution is 6.35. The predicted molar refractivity (Wildman–Crippen MR) is 64.2 cm³/mol. The Morgan fingerprint density at radius 2 is 1.81 bits per heavy atom. The van der Waals surface area contributed by atoms with Crippen LogP contribution in [0.4, 0.5) is 0 Å². The molecule has 1 atom stereocenters. The number of carbonyl (C=O) groups is 1. The molecule has 0 radical (unpaired) electrons. The van der Waals surface area contributed by atoms with Crippen molar-refractivity contribution in [2.24, 2.45) is 0 Å². The van der Waals surface area contributed by atoms with Gasteiger partial charge < -0.3 is 9.47 Å². The second-order valence-corrected chi connectivity index (χ2v) is 4.23. The maximum atomic E-state index is 11.8. The molecule has 1 aromatic rings. The first-order chi connectivity index (χ1) is 7.51. The van der Waals surface area contributed by atoms with Crippen LogP contribution in [0.15, 0.2) is 12.1 Å². The first-order valence-electron chi connectivity index (χ1n) is 4.61. The topological polar surface area (TPSA) is 35.5 Å². The highest BCUT2D eigenvalue weighted by Gasteiger charge is 2.19. The Balaban J connectivity index is 3.30. The van der Waals surface area contributed by atoms with Crippen LogP contribution in [0.2, 0.25) is 5.02 Å². The van der Waals surface area contributed by atoms with Gasteiger partial charge in [0.15, 0.2) is 5.78 Å². The number of Topliss-reactive ketones (excluding diaryl/α,β-unsaturated/α-hetero) is 1. The van der Waals surface area contributed by atoms with Crippen LogP contribution in [-0.4, -0.2) is 25.4 Å². The molecule has 0 aliphatic heterocycles. The highest BCUT2D eigenvalue weighted by Crippen LogP contribution is 2.33. The van der Waals surface area contributed by atoms with E-state index in [1.165, 1.54) is 26.4 Å². The molecule has 0 fully saturated rings. The van der Waals surface area contributed by atoms with E-state index >= 15 is 0 Å². The molecule has 3 nitrogen and oxygen atoms in total. The summed E-state index contributed by atoms with van der Waals surface area (Å²) in [6.45, 7) is 1.60. The number of methoxy groups -OCH3 is 2. The fraction of sp³-hybridized carbons (Fsp3) is 0.364. The SMILES string of the molecule is COc1cc(C(=O)C(C)Cl)c(OC)cc1Cl. The Kier molecular flexibility index (Phi) is 4.44. The second-order valence-electron chi connectivity index (χ2n) is 3.17. The molecule has 0 aliphatic rings. The van der Waals surface area contributed by atoms with E-state index in [0.29, 0.717) is 22.1 Å². The molecule has 5 heteroatoms. The standard InChI is InChI=1S/C11H12Cl2O3/c1-6(12)11(14)7-4-10(16-3)8(13)5-9(7)15-2/h4-6H,1-3H3. The fourth-order valence-electron chi connectivity index (χ4n) is 1.27. The summed E-state index contributed by atoms with van der Waals surface area (Å²) in [5.41, 5.74) is 0.367. The molecule has 16 heavy (non-hydrogen) atoms. The largest absolute Gasteiger partial charge is 0.496 e. The lowest BCUT2D eigenvalue weighted by molar-refractivity contribution is 0.0988. The summed E-state index contributed by atoms with van der Waals surface area (Å²) in [4.78, 5) is 11.8. The van der Waals surface area contributed by atoms with Gasteiger partial charge in [-0.15, -0.1) is 11.6 Å². The van der Waals surface area contributed by atoms with Crippen molar-refractivity contribution in [1.82, 2.24) is 0 Å². The average Bonchev–Trinajstić information content (AvgIpc) is 2.27. The van der Waals surface area contributed by atoms with Crippen molar-refractivity contribution in [1.29, 1.82) is 0 Å². The third-order valence-corrected chi connectivity index (χ3v) is 2.59. The lowest BCUT2D eigenvalue weighted by atomic mass is 10.1. The third kappa shape index (κ3) is 2.60. The van der Waals surface area contributed by atoms with Gasteiger partial charge in [-0.3, -0.25) is 4.79 Å². The number of ketones is 1. The van der Waals surface area contributed by atoms with E-state index in [1.807, 2.05) is 0 Å². The smallest absolute Gasteiger partial charge is 0.184 e. The van der Waals surface area contributed by atoms with Crippen LogP contribution in [0.5, 0.6) is 11.5 Å². The van der Waals surface area contributed by atoms with Crippen LogP contribution in [0.3, 0.4) is 0 Å². The van der Waals surface area contributed by atoms with Gasteiger partial charge in [-0.25, -0.2) is 0 Å². The summed E-state index contributed by atoms with van der Waals surface area (Å²) in [6.07, 6.45) is 0.